The van der Waals surface area contributed by atoms with E-state index >= 15 is 0 Å². The summed E-state index contributed by atoms with van der Waals surface area (Å²) in [6.45, 7) is 2.92. The fraction of sp³-hybridized carbons (Fsp3) is 0.389. The minimum Gasteiger partial charge on any atom is -0.466 e. The number of nitrogens with one attached hydrogen (secondary N) is 1. The largest absolute Gasteiger partial charge is 0.466 e. The molecule has 1 fully saturated rings. The van der Waals surface area contributed by atoms with Gasteiger partial charge in [-0.25, -0.2) is 0 Å². The summed E-state index contributed by atoms with van der Waals surface area (Å²) in [6.07, 6.45) is 2.39. The monoisotopic (exact) mass is 376 g/mol. The molecular weight excluding hydrogens is 356 g/mol. The number of rotatable bonds is 5. The van der Waals surface area contributed by atoms with Crippen molar-refractivity contribution in [2.75, 3.05) is 30.7 Å². The van der Waals surface area contributed by atoms with E-state index in [2.05, 4.69) is 5.32 Å². The Morgan fingerprint density at radius 1 is 1.46 bits per heavy atom. The topological polar surface area (TPSA) is 108 Å². The van der Waals surface area contributed by atoms with E-state index in [0.29, 0.717) is 48.9 Å². The van der Waals surface area contributed by atoms with Gasteiger partial charge in [-0.3, -0.25) is 9.59 Å². The van der Waals surface area contributed by atoms with Crippen LogP contribution in [0.15, 0.2) is 30.0 Å². The third-order valence-corrected chi connectivity index (χ3v) is 4.43. The number of anilines is 2. The maximum absolute atomic E-state index is 12.5. The molecule has 1 aromatic carbocycles. The molecule has 0 atom stereocenters. The summed E-state index contributed by atoms with van der Waals surface area (Å²) in [7, 11) is 0. The number of nitrogens with two attached hydrogens (primary N) is 1. The lowest BCUT2D eigenvalue weighted by Crippen LogP contribution is -2.41. The zero-order valence-electron chi connectivity index (χ0n) is 14.5. The maximum Gasteiger partial charge on any atom is 0.309 e. The Morgan fingerprint density at radius 2 is 2.15 bits per heavy atom. The van der Waals surface area contributed by atoms with E-state index in [9.17, 15) is 14.9 Å². The first-order valence-electron chi connectivity index (χ1n) is 8.34. The average Bonchev–Trinajstić information content (AvgIpc) is 2.64. The molecule has 1 aromatic rings. The summed E-state index contributed by atoms with van der Waals surface area (Å²) in [6, 6.07) is 6.81. The molecular formula is C18H21ClN4O3. The van der Waals surface area contributed by atoms with E-state index in [-0.39, 0.29) is 23.4 Å². The van der Waals surface area contributed by atoms with Gasteiger partial charge in [0, 0.05) is 25.0 Å². The SMILES string of the molecule is CCOC(=O)C1CCN(C(=O)/C(C#N)=C\Nc2ccc(N)cc2Cl)CC1. The van der Waals surface area contributed by atoms with E-state index in [4.69, 9.17) is 22.1 Å². The first-order valence-corrected chi connectivity index (χ1v) is 8.71. The molecule has 1 aliphatic rings. The molecule has 0 spiro atoms. The minimum atomic E-state index is -0.381. The van der Waals surface area contributed by atoms with Crippen LogP contribution in [0, 0.1) is 17.2 Å². The molecule has 1 saturated heterocycles. The molecule has 0 aromatic heterocycles. The first-order chi connectivity index (χ1) is 12.5. The molecule has 7 nitrogen and oxygen atoms in total. The van der Waals surface area contributed by atoms with Crippen molar-refractivity contribution in [1.82, 2.24) is 4.90 Å². The summed E-state index contributed by atoms with van der Waals surface area (Å²) in [4.78, 5) is 25.8. The van der Waals surface area contributed by atoms with Crippen LogP contribution in [0.25, 0.3) is 0 Å². The van der Waals surface area contributed by atoms with E-state index < -0.39 is 0 Å². The van der Waals surface area contributed by atoms with Gasteiger partial charge in [0.1, 0.15) is 11.6 Å². The molecule has 8 heteroatoms. The standard InChI is InChI=1S/C18H21ClN4O3/c1-2-26-18(25)12-5-7-23(8-6-12)17(24)13(10-20)11-22-16-4-3-14(21)9-15(16)19/h3-4,9,11-12,22H,2,5-8,21H2,1H3/b13-11-. The normalized spacial score (nSPS) is 15.3. The van der Waals surface area contributed by atoms with Crippen molar-refractivity contribution in [3.05, 3.63) is 35.0 Å². The Kier molecular flexibility index (Phi) is 6.87. The number of halogens is 1. The minimum absolute atomic E-state index is 0.0347. The number of nitrogen functional groups attached to an aromatic ring is 1. The Hall–Kier alpha value is -2.72. The number of likely N-dealkylation sites (tertiary alicyclic amines) is 1. The summed E-state index contributed by atoms with van der Waals surface area (Å²) < 4.78 is 5.02. The molecule has 0 bridgehead atoms. The second kappa shape index (κ2) is 9.11. The van der Waals surface area contributed by atoms with Gasteiger partial charge >= 0.3 is 5.97 Å². The third-order valence-electron chi connectivity index (χ3n) is 4.12. The van der Waals surface area contributed by atoms with Crippen molar-refractivity contribution < 1.29 is 14.3 Å². The highest BCUT2D eigenvalue weighted by Crippen LogP contribution is 2.24. The van der Waals surface area contributed by atoms with Gasteiger partial charge in [0.05, 0.1) is 23.2 Å². The highest BCUT2D eigenvalue weighted by Gasteiger charge is 2.29. The van der Waals surface area contributed by atoms with Crippen LogP contribution in [0.2, 0.25) is 5.02 Å². The molecule has 1 amide bonds. The zero-order chi connectivity index (χ0) is 19.1. The van der Waals surface area contributed by atoms with Crippen LogP contribution in [0.5, 0.6) is 0 Å². The van der Waals surface area contributed by atoms with Gasteiger partial charge in [0.25, 0.3) is 5.91 Å². The molecule has 0 unspecified atom stereocenters. The third kappa shape index (κ3) is 4.90. The highest BCUT2D eigenvalue weighted by atomic mass is 35.5. The number of nitriles is 1. The van der Waals surface area contributed by atoms with Gasteiger partial charge in [-0.15, -0.1) is 0 Å². The van der Waals surface area contributed by atoms with Crippen LogP contribution in [-0.4, -0.2) is 36.5 Å². The molecule has 1 aliphatic heterocycles. The number of hydrogen-bond acceptors (Lipinski definition) is 6. The fourth-order valence-corrected chi connectivity index (χ4v) is 2.93. The number of benzene rings is 1. The predicted octanol–water partition coefficient (Wildman–Crippen LogP) is 2.54. The van der Waals surface area contributed by atoms with Gasteiger partial charge in [-0.2, -0.15) is 5.26 Å². The summed E-state index contributed by atoms with van der Waals surface area (Å²) in [5.74, 6) is -0.801. The number of carbonyl (C=O) groups excluding carboxylic acids is 2. The summed E-state index contributed by atoms with van der Waals surface area (Å²) >= 11 is 6.06. The number of nitrogens with zero attached hydrogens (tertiary/aromatic N) is 2. The van der Waals surface area contributed by atoms with E-state index in [0.717, 1.165) is 0 Å². The van der Waals surface area contributed by atoms with Crippen molar-refractivity contribution in [2.45, 2.75) is 19.8 Å². The Balaban J connectivity index is 1.98. The van der Waals surface area contributed by atoms with Crippen LogP contribution in [-0.2, 0) is 14.3 Å². The number of carbonyl (C=O) groups is 2. The van der Waals surface area contributed by atoms with Gasteiger partial charge in [-0.1, -0.05) is 11.6 Å². The maximum atomic E-state index is 12.5. The average molecular weight is 377 g/mol. The zero-order valence-corrected chi connectivity index (χ0v) is 15.3. The number of amides is 1. The van der Waals surface area contributed by atoms with Crippen LogP contribution in [0.4, 0.5) is 11.4 Å². The van der Waals surface area contributed by atoms with Crippen LogP contribution < -0.4 is 11.1 Å². The molecule has 0 radical (unpaired) electrons. The molecule has 2 rings (SSSR count). The lowest BCUT2D eigenvalue weighted by Gasteiger charge is -2.30. The second-order valence-electron chi connectivity index (χ2n) is 5.87. The van der Waals surface area contributed by atoms with Gasteiger partial charge in [-0.05, 0) is 38.0 Å². The van der Waals surface area contributed by atoms with Crippen LogP contribution >= 0.6 is 11.6 Å². The van der Waals surface area contributed by atoms with Crippen molar-refractivity contribution in [3.8, 4) is 6.07 Å². The molecule has 138 valence electrons. The highest BCUT2D eigenvalue weighted by molar-refractivity contribution is 6.33. The number of ether oxygens (including phenoxy) is 1. The quantitative estimate of drug-likeness (QED) is 0.354. The van der Waals surface area contributed by atoms with Gasteiger partial charge in [0.15, 0.2) is 0 Å². The number of hydrogen-bond donors (Lipinski definition) is 2. The molecule has 0 saturated carbocycles. The van der Waals surface area contributed by atoms with Crippen LogP contribution in [0.3, 0.4) is 0 Å². The fourth-order valence-electron chi connectivity index (χ4n) is 2.69. The van der Waals surface area contributed by atoms with Crippen molar-refractivity contribution in [2.24, 2.45) is 5.92 Å². The van der Waals surface area contributed by atoms with Crippen molar-refractivity contribution >= 4 is 34.9 Å². The lowest BCUT2D eigenvalue weighted by molar-refractivity contribution is -0.150. The van der Waals surface area contributed by atoms with Crippen molar-refractivity contribution in [3.63, 3.8) is 0 Å². The lowest BCUT2D eigenvalue weighted by atomic mass is 9.96. The molecule has 0 aliphatic carbocycles. The number of piperidine rings is 1. The smallest absolute Gasteiger partial charge is 0.309 e. The molecule has 1 heterocycles. The van der Waals surface area contributed by atoms with E-state index in [1.165, 1.54) is 6.20 Å². The Bertz CT molecular complexity index is 749. The predicted molar refractivity (Wildman–Crippen MR) is 99.1 cm³/mol. The Morgan fingerprint density at radius 3 is 2.73 bits per heavy atom. The molecule has 26 heavy (non-hydrogen) atoms. The first kappa shape index (κ1) is 19.6. The Labute approximate surface area is 157 Å². The summed E-state index contributed by atoms with van der Waals surface area (Å²) in [5, 5.41) is 12.5. The number of esters is 1. The molecule has 3 N–H and O–H groups in total. The van der Waals surface area contributed by atoms with E-state index in [1.807, 2.05) is 6.07 Å². The van der Waals surface area contributed by atoms with Crippen LogP contribution in [0.1, 0.15) is 19.8 Å². The van der Waals surface area contributed by atoms with Crippen molar-refractivity contribution in [1.29, 1.82) is 5.26 Å². The van der Waals surface area contributed by atoms with Gasteiger partial charge < -0.3 is 20.7 Å². The summed E-state index contributed by atoms with van der Waals surface area (Å²) in [5.41, 5.74) is 6.66. The van der Waals surface area contributed by atoms with Gasteiger partial charge in [0.2, 0.25) is 0 Å². The van der Waals surface area contributed by atoms with E-state index in [1.54, 1.807) is 30.0 Å². The second-order valence-corrected chi connectivity index (χ2v) is 6.28.